The third kappa shape index (κ3) is 1.03. The van der Waals surface area contributed by atoms with Crippen molar-refractivity contribution in [2.45, 2.75) is 25.7 Å². The monoisotopic (exact) mass is 187 g/mol. The van der Waals surface area contributed by atoms with E-state index in [1.54, 1.807) is 6.07 Å². The molecule has 0 saturated carbocycles. The van der Waals surface area contributed by atoms with Crippen molar-refractivity contribution in [3.63, 3.8) is 0 Å². The van der Waals surface area contributed by atoms with E-state index in [4.69, 9.17) is 0 Å². The van der Waals surface area contributed by atoms with Gasteiger partial charge in [-0.05, 0) is 49.4 Å². The standard InChI is InChI=1S/C12H13NO/c14-8-5-6-12-10(7-8)9-3-1-2-4-11(9)13-12/h5-7,13-14H,1-4H2. The third-order valence-electron chi connectivity index (χ3n) is 3.08. The van der Waals surface area contributed by atoms with Gasteiger partial charge in [0, 0.05) is 16.6 Å². The molecule has 0 spiro atoms. The largest absolute Gasteiger partial charge is 0.508 e. The van der Waals surface area contributed by atoms with E-state index in [-0.39, 0.29) is 0 Å². The van der Waals surface area contributed by atoms with Gasteiger partial charge in [-0.2, -0.15) is 0 Å². The van der Waals surface area contributed by atoms with Crippen LogP contribution < -0.4 is 0 Å². The van der Waals surface area contributed by atoms with Crippen LogP contribution in [0.5, 0.6) is 5.75 Å². The summed E-state index contributed by atoms with van der Waals surface area (Å²) in [6.07, 6.45) is 4.87. The predicted octanol–water partition coefficient (Wildman–Crippen LogP) is 2.75. The van der Waals surface area contributed by atoms with Crippen molar-refractivity contribution in [1.29, 1.82) is 0 Å². The van der Waals surface area contributed by atoms with Crippen molar-refractivity contribution >= 4 is 10.9 Å². The van der Waals surface area contributed by atoms with Crippen LogP contribution in [0.25, 0.3) is 10.9 Å². The lowest BCUT2D eigenvalue weighted by atomic mass is 9.96. The van der Waals surface area contributed by atoms with E-state index in [0.717, 1.165) is 18.4 Å². The summed E-state index contributed by atoms with van der Waals surface area (Å²) in [5.74, 6) is 0.366. The molecule has 0 saturated heterocycles. The van der Waals surface area contributed by atoms with Crippen LogP contribution in [-0.4, -0.2) is 10.1 Å². The molecule has 2 aromatic rings. The Balaban J connectivity index is 2.32. The zero-order valence-corrected chi connectivity index (χ0v) is 8.01. The van der Waals surface area contributed by atoms with Crippen molar-refractivity contribution in [2.24, 2.45) is 0 Å². The van der Waals surface area contributed by atoms with Gasteiger partial charge in [-0.1, -0.05) is 0 Å². The van der Waals surface area contributed by atoms with Gasteiger partial charge >= 0.3 is 0 Å². The molecule has 1 aliphatic rings. The molecule has 1 aromatic carbocycles. The Morgan fingerprint density at radius 1 is 1.14 bits per heavy atom. The van der Waals surface area contributed by atoms with E-state index in [1.165, 1.54) is 29.5 Å². The number of aryl methyl sites for hydroxylation is 2. The van der Waals surface area contributed by atoms with E-state index in [9.17, 15) is 5.11 Å². The highest BCUT2D eigenvalue weighted by Gasteiger charge is 2.14. The Morgan fingerprint density at radius 3 is 2.93 bits per heavy atom. The second kappa shape index (κ2) is 2.77. The fraction of sp³-hybridized carbons (Fsp3) is 0.333. The Kier molecular flexibility index (Phi) is 1.57. The predicted molar refractivity (Wildman–Crippen MR) is 56.6 cm³/mol. The summed E-state index contributed by atoms with van der Waals surface area (Å²) in [5.41, 5.74) is 3.95. The minimum atomic E-state index is 0.366. The average Bonchev–Trinajstić information content (AvgIpc) is 2.56. The Morgan fingerprint density at radius 2 is 2.00 bits per heavy atom. The highest BCUT2D eigenvalue weighted by Crippen LogP contribution is 2.30. The lowest BCUT2D eigenvalue weighted by molar-refractivity contribution is 0.476. The number of fused-ring (bicyclic) bond motifs is 3. The summed E-state index contributed by atoms with van der Waals surface area (Å²) in [7, 11) is 0. The van der Waals surface area contributed by atoms with E-state index in [2.05, 4.69) is 4.98 Å². The quantitative estimate of drug-likeness (QED) is 0.653. The van der Waals surface area contributed by atoms with Crippen molar-refractivity contribution in [3.05, 3.63) is 29.5 Å². The molecule has 2 N–H and O–H groups in total. The van der Waals surface area contributed by atoms with Crippen LogP contribution in [-0.2, 0) is 12.8 Å². The molecule has 14 heavy (non-hydrogen) atoms. The fourth-order valence-electron chi connectivity index (χ4n) is 2.39. The second-order valence-corrected chi connectivity index (χ2v) is 4.02. The van der Waals surface area contributed by atoms with Crippen LogP contribution in [0.2, 0.25) is 0 Å². The molecule has 1 aromatic heterocycles. The zero-order valence-electron chi connectivity index (χ0n) is 8.01. The normalized spacial score (nSPS) is 15.7. The summed E-state index contributed by atoms with van der Waals surface area (Å²) in [6, 6.07) is 5.57. The summed E-state index contributed by atoms with van der Waals surface area (Å²) in [5, 5.41) is 10.6. The number of aromatic hydroxyl groups is 1. The summed E-state index contributed by atoms with van der Waals surface area (Å²) in [4.78, 5) is 3.43. The number of hydrogen-bond donors (Lipinski definition) is 2. The van der Waals surface area contributed by atoms with Gasteiger partial charge in [0.25, 0.3) is 0 Å². The van der Waals surface area contributed by atoms with Crippen molar-refractivity contribution < 1.29 is 5.11 Å². The van der Waals surface area contributed by atoms with Crippen LogP contribution in [0, 0.1) is 0 Å². The molecular formula is C12H13NO. The number of H-pyrrole nitrogens is 1. The van der Waals surface area contributed by atoms with E-state index >= 15 is 0 Å². The number of phenols is 1. The first-order valence-electron chi connectivity index (χ1n) is 5.17. The fourth-order valence-corrected chi connectivity index (χ4v) is 2.39. The van der Waals surface area contributed by atoms with E-state index < -0.39 is 0 Å². The molecule has 0 aliphatic heterocycles. The Hall–Kier alpha value is -1.44. The van der Waals surface area contributed by atoms with Crippen molar-refractivity contribution in [1.82, 2.24) is 4.98 Å². The topological polar surface area (TPSA) is 36.0 Å². The zero-order chi connectivity index (χ0) is 9.54. The molecule has 0 amide bonds. The molecule has 2 heteroatoms. The van der Waals surface area contributed by atoms with Gasteiger partial charge in [0.2, 0.25) is 0 Å². The Labute approximate surface area is 82.6 Å². The summed E-state index contributed by atoms with van der Waals surface area (Å²) >= 11 is 0. The van der Waals surface area contributed by atoms with Crippen LogP contribution >= 0.6 is 0 Å². The molecule has 3 rings (SSSR count). The van der Waals surface area contributed by atoms with Crippen LogP contribution in [0.4, 0.5) is 0 Å². The van der Waals surface area contributed by atoms with Gasteiger partial charge in [0.05, 0.1) is 0 Å². The SMILES string of the molecule is Oc1ccc2[nH]c3c(c2c1)CCCC3. The molecule has 1 heterocycles. The number of aromatic amines is 1. The van der Waals surface area contributed by atoms with Gasteiger partial charge in [-0.15, -0.1) is 0 Å². The summed E-state index contributed by atoms with van der Waals surface area (Å²) in [6.45, 7) is 0. The maximum absolute atomic E-state index is 9.44. The molecule has 0 radical (unpaired) electrons. The number of hydrogen-bond acceptors (Lipinski definition) is 1. The first-order chi connectivity index (χ1) is 6.84. The molecule has 0 unspecified atom stereocenters. The number of benzene rings is 1. The van der Waals surface area contributed by atoms with Gasteiger partial charge in [0.1, 0.15) is 5.75 Å². The number of nitrogens with one attached hydrogen (secondary N) is 1. The van der Waals surface area contributed by atoms with Gasteiger partial charge < -0.3 is 10.1 Å². The molecule has 0 atom stereocenters. The summed E-state index contributed by atoms with van der Waals surface area (Å²) < 4.78 is 0. The molecule has 0 bridgehead atoms. The third-order valence-corrected chi connectivity index (χ3v) is 3.08. The Bertz CT molecular complexity index is 484. The lowest BCUT2D eigenvalue weighted by Crippen LogP contribution is -1.99. The minimum absolute atomic E-state index is 0.366. The van der Waals surface area contributed by atoms with Crippen LogP contribution in [0.1, 0.15) is 24.1 Å². The van der Waals surface area contributed by atoms with E-state index in [1.807, 2.05) is 12.1 Å². The highest BCUT2D eigenvalue weighted by atomic mass is 16.3. The number of rotatable bonds is 0. The van der Waals surface area contributed by atoms with Crippen molar-refractivity contribution in [3.8, 4) is 5.75 Å². The van der Waals surface area contributed by atoms with Gasteiger partial charge in [-0.3, -0.25) is 0 Å². The first kappa shape index (κ1) is 7.92. The molecule has 72 valence electrons. The molecule has 0 fully saturated rings. The highest BCUT2D eigenvalue weighted by molar-refractivity contribution is 5.86. The van der Waals surface area contributed by atoms with E-state index in [0.29, 0.717) is 5.75 Å². The maximum atomic E-state index is 9.44. The molecular weight excluding hydrogens is 174 g/mol. The maximum Gasteiger partial charge on any atom is 0.116 e. The molecule has 2 nitrogen and oxygen atoms in total. The van der Waals surface area contributed by atoms with Crippen LogP contribution in [0.15, 0.2) is 18.2 Å². The first-order valence-corrected chi connectivity index (χ1v) is 5.17. The van der Waals surface area contributed by atoms with Crippen LogP contribution in [0.3, 0.4) is 0 Å². The second-order valence-electron chi connectivity index (χ2n) is 4.02. The molecule has 1 aliphatic carbocycles. The number of aromatic nitrogens is 1. The lowest BCUT2D eigenvalue weighted by Gasteiger charge is -2.10. The van der Waals surface area contributed by atoms with Gasteiger partial charge in [-0.25, -0.2) is 0 Å². The number of phenolic OH excluding ortho intramolecular Hbond substituents is 1. The van der Waals surface area contributed by atoms with Gasteiger partial charge in [0.15, 0.2) is 0 Å². The smallest absolute Gasteiger partial charge is 0.116 e. The van der Waals surface area contributed by atoms with Crippen molar-refractivity contribution in [2.75, 3.05) is 0 Å². The minimum Gasteiger partial charge on any atom is -0.508 e. The average molecular weight is 187 g/mol.